The van der Waals surface area contributed by atoms with Crippen molar-refractivity contribution in [3.63, 3.8) is 0 Å². The molecule has 0 aliphatic carbocycles. The third-order valence-electron chi connectivity index (χ3n) is 11.1. The second-order valence-corrected chi connectivity index (χ2v) is 15.5. The van der Waals surface area contributed by atoms with Crippen molar-refractivity contribution >= 4 is 11.8 Å². The number of ether oxygens (including phenoxy) is 9. The van der Waals surface area contributed by atoms with Gasteiger partial charge in [-0.3, -0.25) is 9.59 Å². The molecule has 5 aliphatic heterocycles. The van der Waals surface area contributed by atoms with Crippen molar-refractivity contribution < 1.29 is 129 Å². The van der Waals surface area contributed by atoms with Crippen LogP contribution in [0.25, 0.3) is 0 Å². The highest BCUT2D eigenvalue weighted by molar-refractivity contribution is 5.73. The summed E-state index contributed by atoms with van der Waals surface area (Å²) in [6, 6.07) is -3.25. The third kappa shape index (κ3) is 11.0. The number of carbonyl (C=O) groups is 2. The van der Waals surface area contributed by atoms with Crippen LogP contribution in [-0.4, -0.2) is 275 Å². The second kappa shape index (κ2) is 22.0. The first-order valence-electron chi connectivity index (χ1n) is 19.6. The first-order valence-corrected chi connectivity index (χ1v) is 19.6. The zero-order valence-electron chi connectivity index (χ0n) is 33.2. The minimum absolute atomic E-state index is 0.756. The summed E-state index contributed by atoms with van der Waals surface area (Å²) in [7, 11) is 0. The first-order chi connectivity index (χ1) is 29.3. The lowest BCUT2D eigenvalue weighted by atomic mass is 9.94. The average Bonchev–Trinajstić information content (AvgIpc) is 3.23. The Morgan fingerprint density at radius 1 is 0.419 bits per heavy atom. The lowest BCUT2D eigenvalue weighted by Crippen LogP contribution is -2.69. The summed E-state index contributed by atoms with van der Waals surface area (Å²) >= 11 is 0. The molecule has 360 valence electrons. The van der Waals surface area contributed by atoms with Crippen LogP contribution in [-0.2, 0) is 52.2 Å². The molecule has 5 fully saturated rings. The van der Waals surface area contributed by atoms with Crippen LogP contribution in [0.1, 0.15) is 13.8 Å². The Hall–Kier alpha value is -2.02. The summed E-state index contributed by atoms with van der Waals surface area (Å²) in [5.41, 5.74) is 0. The summed E-state index contributed by atoms with van der Waals surface area (Å²) < 4.78 is 51.0. The van der Waals surface area contributed by atoms with Crippen LogP contribution in [0.3, 0.4) is 0 Å². The van der Waals surface area contributed by atoms with Gasteiger partial charge in [0.05, 0.1) is 33.0 Å². The molecule has 0 saturated carbocycles. The molecule has 25 atom stereocenters. The molecule has 0 aromatic carbocycles. The molecule has 0 bridgehead atoms. The molecule has 0 radical (unpaired) electrons. The molecule has 28 nitrogen and oxygen atoms in total. The van der Waals surface area contributed by atoms with Crippen molar-refractivity contribution in [2.45, 2.75) is 167 Å². The normalized spacial score (nSPS) is 49.0. The van der Waals surface area contributed by atoms with Crippen LogP contribution in [0.2, 0.25) is 0 Å². The molecule has 5 saturated heterocycles. The number of rotatable bonds is 15. The summed E-state index contributed by atoms with van der Waals surface area (Å²) in [5, 5.41) is 161. The minimum atomic E-state index is -2.10. The Balaban J connectivity index is 1.34. The Kier molecular flexibility index (Phi) is 18.1. The molecular formula is C34H58N2O26. The van der Waals surface area contributed by atoms with Crippen LogP contribution in [0.5, 0.6) is 0 Å². The first kappa shape index (κ1) is 51.0. The van der Waals surface area contributed by atoms with Gasteiger partial charge in [0.1, 0.15) is 122 Å². The van der Waals surface area contributed by atoms with Gasteiger partial charge < -0.3 is 130 Å². The van der Waals surface area contributed by atoms with Crippen molar-refractivity contribution in [3.8, 4) is 0 Å². The molecule has 62 heavy (non-hydrogen) atoms. The van der Waals surface area contributed by atoms with Crippen molar-refractivity contribution in [1.29, 1.82) is 0 Å². The Morgan fingerprint density at radius 3 is 1.21 bits per heavy atom. The smallest absolute Gasteiger partial charge is 0.217 e. The van der Waals surface area contributed by atoms with Gasteiger partial charge in [0.15, 0.2) is 31.5 Å². The number of aliphatic hydroxyl groups is 15. The van der Waals surface area contributed by atoms with E-state index in [1.54, 1.807) is 0 Å². The van der Waals surface area contributed by atoms with Gasteiger partial charge in [-0.15, -0.1) is 0 Å². The number of hydrogen-bond acceptors (Lipinski definition) is 26. The molecular weight excluding hydrogens is 852 g/mol. The van der Waals surface area contributed by atoms with Gasteiger partial charge in [-0.05, 0) is 0 Å². The van der Waals surface area contributed by atoms with Gasteiger partial charge >= 0.3 is 0 Å². The maximum atomic E-state index is 12.4. The summed E-state index contributed by atoms with van der Waals surface area (Å²) in [5.74, 6) is -1.55. The molecule has 0 aromatic rings. The average molecular weight is 911 g/mol. The highest BCUT2D eigenvalue weighted by Crippen LogP contribution is 2.34. The van der Waals surface area contributed by atoms with Gasteiger partial charge in [0, 0.05) is 13.8 Å². The topological polar surface area (TPSA) is 445 Å². The van der Waals surface area contributed by atoms with E-state index in [1.165, 1.54) is 0 Å². The molecule has 17 N–H and O–H groups in total. The maximum Gasteiger partial charge on any atom is 0.217 e. The maximum absolute atomic E-state index is 12.4. The van der Waals surface area contributed by atoms with Crippen molar-refractivity contribution in [2.75, 3.05) is 33.0 Å². The van der Waals surface area contributed by atoms with Gasteiger partial charge in [0.25, 0.3) is 0 Å². The monoisotopic (exact) mass is 910 g/mol. The minimum Gasteiger partial charge on any atom is -0.394 e. The van der Waals surface area contributed by atoms with E-state index in [1.807, 2.05) is 0 Å². The van der Waals surface area contributed by atoms with E-state index in [0.717, 1.165) is 13.8 Å². The fourth-order valence-corrected chi connectivity index (χ4v) is 7.74. The molecule has 5 rings (SSSR count). The SMILES string of the molecule is CC(=O)N[C@H]1[C@H](OC[C@H]2OC(O)[C@H](O)[C@@H](O)[C@H]2O[C@@H]2O[C@H](CO)[C@@H](O[C@@H]3O[C@H](CO)[C@H](O)[C@H](O)[C@H]3O)[C@H](O)[C@H]2NC(C)=O)O[C@H](CO)[C@@H](O[C@@H]2O[C@H](CO)[C@H](O)[C@H](O)[C@H]2O)[C@@H]1O. The number of carbonyl (C=O) groups excluding carboxylic acids is 2. The van der Waals surface area contributed by atoms with Crippen LogP contribution < -0.4 is 10.6 Å². The van der Waals surface area contributed by atoms with E-state index >= 15 is 0 Å². The number of amides is 2. The largest absolute Gasteiger partial charge is 0.394 e. The van der Waals surface area contributed by atoms with E-state index in [2.05, 4.69) is 10.6 Å². The zero-order valence-corrected chi connectivity index (χ0v) is 33.2. The molecule has 28 heteroatoms. The van der Waals surface area contributed by atoms with E-state index < -0.39 is 198 Å². The Labute approximate surface area is 351 Å². The fourth-order valence-electron chi connectivity index (χ4n) is 7.74. The highest BCUT2D eigenvalue weighted by Gasteiger charge is 2.56. The van der Waals surface area contributed by atoms with Gasteiger partial charge in [-0.1, -0.05) is 0 Å². The number of nitrogens with one attached hydrogen (secondary N) is 2. The standard InChI is InChI=1S/C34H58N2O26/c1-8(41)35-15-19(45)27(61-33-25(51)21(47)17(43)10(3-37)56-33)12(5-39)58-31(15)54-7-14-29(23(49)24(50)30(53)55-14)60-32-16(36-9(2)42)20(46)28(13(6-40)59-32)62-34-26(52)22(48)18(44)11(4-38)57-34/h10-34,37-40,43-53H,3-7H2,1-2H3,(H,35,41)(H,36,42)/t10-,11-,12-,13-,14-,15-,16-,17+,18+,19-,20-,21+,22+,23-,24-,25-,26-,27-,28-,29+,30?,31-,32+,33+,34+/m1/s1. The van der Waals surface area contributed by atoms with Crippen molar-refractivity contribution in [2.24, 2.45) is 0 Å². The van der Waals surface area contributed by atoms with Crippen LogP contribution >= 0.6 is 0 Å². The van der Waals surface area contributed by atoms with E-state index in [0.29, 0.717) is 0 Å². The Morgan fingerprint density at radius 2 is 0.790 bits per heavy atom. The van der Waals surface area contributed by atoms with Crippen molar-refractivity contribution in [3.05, 3.63) is 0 Å². The van der Waals surface area contributed by atoms with Gasteiger partial charge in [-0.2, -0.15) is 0 Å². The molecule has 5 heterocycles. The summed E-state index contributed by atoms with van der Waals surface area (Å²) in [6.07, 6.45) is -41.3. The van der Waals surface area contributed by atoms with Crippen LogP contribution in [0.4, 0.5) is 0 Å². The Bertz CT molecular complexity index is 1440. The van der Waals surface area contributed by atoms with Crippen LogP contribution in [0.15, 0.2) is 0 Å². The van der Waals surface area contributed by atoms with Crippen LogP contribution in [0, 0.1) is 0 Å². The summed E-state index contributed by atoms with van der Waals surface area (Å²) in [6.45, 7) is -2.23. The van der Waals surface area contributed by atoms with E-state index in [9.17, 15) is 86.2 Å². The molecule has 0 spiro atoms. The zero-order chi connectivity index (χ0) is 45.9. The molecule has 5 aliphatic rings. The second-order valence-electron chi connectivity index (χ2n) is 15.5. The highest BCUT2D eigenvalue weighted by atomic mass is 16.8. The third-order valence-corrected chi connectivity index (χ3v) is 11.1. The van der Waals surface area contributed by atoms with E-state index in [4.69, 9.17) is 42.6 Å². The number of aliphatic hydroxyl groups excluding tert-OH is 15. The van der Waals surface area contributed by atoms with E-state index in [-0.39, 0.29) is 0 Å². The predicted octanol–water partition coefficient (Wildman–Crippen LogP) is -11.6. The molecule has 0 aromatic heterocycles. The summed E-state index contributed by atoms with van der Waals surface area (Å²) in [4.78, 5) is 24.7. The van der Waals surface area contributed by atoms with Gasteiger partial charge in [-0.25, -0.2) is 0 Å². The lowest BCUT2D eigenvalue weighted by Gasteiger charge is -2.49. The fraction of sp³-hybridized carbons (Fsp3) is 0.941. The number of hydrogen-bond donors (Lipinski definition) is 17. The van der Waals surface area contributed by atoms with Crippen molar-refractivity contribution in [1.82, 2.24) is 10.6 Å². The molecule has 2 amide bonds. The molecule has 1 unspecified atom stereocenters. The quantitative estimate of drug-likeness (QED) is 0.0725. The van der Waals surface area contributed by atoms with Gasteiger partial charge in [0.2, 0.25) is 11.8 Å². The lowest BCUT2D eigenvalue weighted by molar-refractivity contribution is -0.370. The predicted molar refractivity (Wildman–Crippen MR) is 190 cm³/mol.